The lowest BCUT2D eigenvalue weighted by atomic mass is 10.1. The van der Waals surface area contributed by atoms with E-state index in [2.05, 4.69) is 21.2 Å². The van der Waals surface area contributed by atoms with Crippen LogP contribution in [0.2, 0.25) is 0 Å². The number of hydrogen-bond acceptors (Lipinski definition) is 3. The highest BCUT2D eigenvalue weighted by atomic mass is 79.9. The lowest BCUT2D eigenvalue weighted by Gasteiger charge is -2.15. The van der Waals surface area contributed by atoms with Crippen molar-refractivity contribution in [3.8, 4) is 0 Å². The number of carbonyl (C=O) groups is 3. The van der Waals surface area contributed by atoms with Gasteiger partial charge < -0.3 is 5.32 Å². The Kier molecular flexibility index (Phi) is 4.29. The third-order valence-electron chi connectivity index (χ3n) is 4.22. The highest BCUT2D eigenvalue weighted by Gasteiger charge is 2.35. The fourth-order valence-corrected chi connectivity index (χ4v) is 3.41. The summed E-state index contributed by atoms with van der Waals surface area (Å²) in [7, 11) is 0. The van der Waals surface area contributed by atoms with Crippen LogP contribution < -0.4 is 5.32 Å². The third kappa shape index (κ3) is 2.92. The number of halogens is 1. The van der Waals surface area contributed by atoms with Gasteiger partial charge in [-0.1, -0.05) is 28.8 Å². The molecule has 5 nitrogen and oxygen atoms in total. The van der Waals surface area contributed by atoms with Crippen molar-refractivity contribution in [2.45, 2.75) is 38.1 Å². The van der Waals surface area contributed by atoms with Crippen LogP contribution in [0.15, 0.2) is 22.7 Å². The molecule has 6 heteroatoms. The number of benzene rings is 1. The van der Waals surface area contributed by atoms with Crippen LogP contribution in [0, 0.1) is 0 Å². The molecule has 1 saturated carbocycles. The summed E-state index contributed by atoms with van der Waals surface area (Å²) in [6.45, 7) is 0.127. The molecule has 116 valence electrons. The third-order valence-corrected chi connectivity index (χ3v) is 4.71. The monoisotopic (exact) mass is 364 g/mol. The summed E-state index contributed by atoms with van der Waals surface area (Å²) in [5, 5.41) is 2.97. The summed E-state index contributed by atoms with van der Waals surface area (Å²) < 4.78 is 0.758. The zero-order chi connectivity index (χ0) is 15.7. The van der Waals surface area contributed by atoms with Gasteiger partial charge in [0.1, 0.15) is 0 Å². The van der Waals surface area contributed by atoms with Gasteiger partial charge in [-0.05, 0) is 31.0 Å². The van der Waals surface area contributed by atoms with E-state index in [0.29, 0.717) is 11.1 Å². The minimum atomic E-state index is -0.324. The Balaban J connectivity index is 1.60. The SMILES string of the molecule is O=C(CCN1C(=O)c2ccc(Br)cc2C1=O)NC1CCCC1. The normalized spacial score (nSPS) is 18.0. The molecule has 1 aromatic carbocycles. The highest BCUT2D eigenvalue weighted by molar-refractivity contribution is 9.10. The molecule has 2 aliphatic rings. The molecule has 1 aliphatic heterocycles. The molecule has 1 aromatic rings. The zero-order valence-electron chi connectivity index (χ0n) is 12.1. The first-order chi connectivity index (χ1) is 10.6. The Hall–Kier alpha value is -1.69. The maximum Gasteiger partial charge on any atom is 0.261 e. The number of imide groups is 1. The predicted molar refractivity (Wildman–Crippen MR) is 84.5 cm³/mol. The minimum Gasteiger partial charge on any atom is -0.353 e. The van der Waals surface area contributed by atoms with Gasteiger partial charge in [0.25, 0.3) is 11.8 Å². The average molecular weight is 365 g/mol. The Bertz CT molecular complexity index is 638. The largest absolute Gasteiger partial charge is 0.353 e. The molecule has 1 heterocycles. The number of nitrogens with zero attached hydrogens (tertiary/aromatic N) is 1. The number of carbonyl (C=O) groups excluding carboxylic acids is 3. The summed E-state index contributed by atoms with van der Waals surface area (Å²) in [5.74, 6) is -0.735. The summed E-state index contributed by atoms with van der Waals surface area (Å²) in [4.78, 5) is 37.6. The number of hydrogen-bond donors (Lipinski definition) is 1. The zero-order valence-corrected chi connectivity index (χ0v) is 13.7. The van der Waals surface area contributed by atoms with E-state index >= 15 is 0 Å². The van der Waals surface area contributed by atoms with Crippen LogP contribution in [0.3, 0.4) is 0 Å². The molecule has 0 bridgehead atoms. The molecule has 0 spiro atoms. The summed E-state index contributed by atoms with van der Waals surface area (Å²) >= 11 is 3.30. The fraction of sp³-hybridized carbons (Fsp3) is 0.438. The van der Waals surface area contributed by atoms with Crippen molar-refractivity contribution in [2.75, 3.05) is 6.54 Å². The van der Waals surface area contributed by atoms with Gasteiger partial charge in [-0.2, -0.15) is 0 Å². The highest BCUT2D eigenvalue weighted by Crippen LogP contribution is 2.26. The fourth-order valence-electron chi connectivity index (χ4n) is 3.05. The second-order valence-electron chi connectivity index (χ2n) is 5.75. The Morgan fingerprint density at radius 3 is 2.59 bits per heavy atom. The van der Waals surface area contributed by atoms with Gasteiger partial charge in [0.2, 0.25) is 5.91 Å². The van der Waals surface area contributed by atoms with Crippen LogP contribution in [0.4, 0.5) is 0 Å². The molecule has 0 saturated heterocycles. The van der Waals surface area contributed by atoms with Crippen molar-refractivity contribution in [1.29, 1.82) is 0 Å². The second kappa shape index (κ2) is 6.20. The van der Waals surface area contributed by atoms with E-state index in [9.17, 15) is 14.4 Å². The van der Waals surface area contributed by atoms with Crippen molar-refractivity contribution < 1.29 is 14.4 Å². The number of amides is 3. The summed E-state index contributed by atoms with van der Waals surface area (Å²) in [6.07, 6.45) is 4.50. The molecule has 3 amide bonds. The van der Waals surface area contributed by atoms with Crippen LogP contribution >= 0.6 is 15.9 Å². The van der Waals surface area contributed by atoms with Crippen LogP contribution in [0.25, 0.3) is 0 Å². The van der Waals surface area contributed by atoms with Gasteiger partial charge in [-0.15, -0.1) is 0 Å². The Morgan fingerprint density at radius 1 is 1.18 bits per heavy atom. The van der Waals surface area contributed by atoms with E-state index in [0.717, 1.165) is 35.1 Å². The van der Waals surface area contributed by atoms with E-state index in [1.807, 2.05) is 0 Å². The molecule has 0 unspecified atom stereocenters. The van der Waals surface area contributed by atoms with Gasteiger partial charge in [0.05, 0.1) is 11.1 Å². The molecule has 0 atom stereocenters. The first-order valence-corrected chi connectivity index (χ1v) is 8.30. The summed E-state index contributed by atoms with van der Waals surface area (Å²) in [6, 6.07) is 5.28. The van der Waals surface area contributed by atoms with Crippen LogP contribution in [-0.4, -0.2) is 35.2 Å². The number of nitrogens with one attached hydrogen (secondary N) is 1. The molecule has 1 aliphatic carbocycles. The smallest absolute Gasteiger partial charge is 0.261 e. The molecule has 0 aromatic heterocycles. The standard InChI is InChI=1S/C16H17BrN2O3/c17-10-5-6-12-13(9-10)16(22)19(15(12)21)8-7-14(20)18-11-3-1-2-4-11/h5-6,9,11H,1-4,7-8H2,(H,18,20). The van der Waals surface area contributed by atoms with Gasteiger partial charge in [0, 0.05) is 23.5 Å². The molecule has 1 fully saturated rings. The van der Waals surface area contributed by atoms with Gasteiger partial charge >= 0.3 is 0 Å². The first kappa shape index (κ1) is 15.2. The lowest BCUT2D eigenvalue weighted by Crippen LogP contribution is -2.37. The Morgan fingerprint density at radius 2 is 1.86 bits per heavy atom. The van der Waals surface area contributed by atoms with Crippen molar-refractivity contribution in [3.05, 3.63) is 33.8 Å². The van der Waals surface area contributed by atoms with Crippen LogP contribution in [0.5, 0.6) is 0 Å². The quantitative estimate of drug-likeness (QED) is 0.834. The van der Waals surface area contributed by atoms with Crippen molar-refractivity contribution in [3.63, 3.8) is 0 Å². The van der Waals surface area contributed by atoms with E-state index in [1.165, 1.54) is 0 Å². The van der Waals surface area contributed by atoms with Crippen LogP contribution in [0.1, 0.15) is 52.8 Å². The molecular formula is C16H17BrN2O3. The number of fused-ring (bicyclic) bond motifs is 1. The first-order valence-electron chi connectivity index (χ1n) is 7.51. The Labute approximate surface area is 137 Å². The minimum absolute atomic E-state index is 0.0929. The van der Waals surface area contributed by atoms with E-state index in [1.54, 1.807) is 18.2 Å². The van der Waals surface area contributed by atoms with E-state index in [-0.39, 0.29) is 36.7 Å². The maximum absolute atomic E-state index is 12.3. The molecule has 1 N–H and O–H groups in total. The number of rotatable bonds is 4. The lowest BCUT2D eigenvalue weighted by molar-refractivity contribution is -0.121. The molecular weight excluding hydrogens is 348 g/mol. The van der Waals surface area contributed by atoms with Gasteiger partial charge in [-0.3, -0.25) is 19.3 Å². The average Bonchev–Trinajstić information content (AvgIpc) is 3.06. The van der Waals surface area contributed by atoms with E-state index < -0.39 is 0 Å². The van der Waals surface area contributed by atoms with Crippen LogP contribution in [-0.2, 0) is 4.79 Å². The molecule has 3 rings (SSSR count). The topological polar surface area (TPSA) is 66.5 Å². The van der Waals surface area contributed by atoms with Gasteiger partial charge in [0.15, 0.2) is 0 Å². The summed E-state index contributed by atoms with van der Waals surface area (Å²) in [5.41, 5.74) is 0.806. The van der Waals surface area contributed by atoms with Gasteiger partial charge in [-0.25, -0.2) is 0 Å². The molecule has 22 heavy (non-hydrogen) atoms. The second-order valence-corrected chi connectivity index (χ2v) is 6.67. The van der Waals surface area contributed by atoms with E-state index in [4.69, 9.17) is 0 Å². The maximum atomic E-state index is 12.3. The van der Waals surface area contributed by atoms with Crippen molar-refractivity contribution in [1.82, 2.24) is 10.2 Å². The van der Waals surface area contributed by atoms with Crippen molar-refractivity contribution in [2.24, 2.45) is 0 Å². The van der Waals surface area contributed by atoms with Crippen molar-refractivity contribution >= 4 is 33.7 Å². The molecule has 0 radical (unpaired) electrons. The predicted octanol–water partition coefficient (Wildman–Crippen LogP) is 2.49.